The van der Waals surface area contributed by atoms with E-state index < -0.39 is 17.7 Å². The monoisotopic (exact) mass is 554 g/mol. The van der Waals surface area contributed by atoms with Gasteiger partial charge in [-0.15, -0.1) is 0 Å². The number of aromatic nitrogens is 2. The van der Waals surface area contributed by atoms with Gasteiger partial charge in [-0.05, 0) is 35.7 Å². The smallest absolute Gasteiger partial charge is 0.475 e. The summed E-state index contributed by atoms with van der Waals surface area (Å²) in [6.45, 7) is 2.61. The van der Waals surface area contributed by atoms with Gasteiger partial charge in [0, 0.05) is 25.3 Å². The second kappa shape index (κ2) is 13.6. The molecule has 0 aliphatic heterocycles. The molecular formula is C24H26ClF3N6O4. The Balaban J connectivity index is 0.000000638. The van der Waals surface area contributed by atoms with Crippen molar-refractivity contribution >= 4 is 35.0 Å². The molecule has 38 heavy (non-hydrogen) atoms. The lowest BCUT2D eigenvalue weighted by molar-refractivity contribution is -0.192. The summed E-state index contributed by atoms with van der Waals surface area (Å²) in [6, 6.07) is 14.9. The highest BCUT2D eigenvalue weighted by molar-refractivity contribution is 6.30. The van der Waals surface area contributed by atoms with Gasteiger partial charge in [-0.3, -0.25) is 14.2 Å². The van der Waals surface area contributed by atoms with Crippen molar-refractivity contribution in [2.24, 2.45) is 11.5 Å². The van der Waals surface area contributed by atoms with E-state index in [1.54, 1.807) is 25.1 Å². The molecule has 1 heterocycles. The van der Waals surface area contributed by atoms with Crippen molar-refractivity contribution in [3.8, 4) is 0 Å². The van der Waals surface area contributed by atoms with Gasteiger partial charge in [0.15, 0.2) is 11.0 Å². The third-order valence-electron chi connectivity index (χ3n) is 5.04. The van der Waals surface area contributed by atoms with Gasteiger partial charge in [0.25, 0.3) is 5.56 Å². The van der Waals surface area contributed by atoms with Crippen molar-refractivity contribution in [1.82, 2.24) is 9.55 Å². The summed E-state index contributed by atoms with van der Waals surface area (Å²) in [6.07, 6.45) is -5.08. The number of amides is 1. The number of hydrogen-bond donors (Lipinski definition) is 5. The lowest BCUT2D eigenvalue weighted by Crippen LogP contribution is -2.32. The Labute approximate surface area is 220 Å². The SMILES string of the molecule is Cc1c(Cl)nc(NCc2cccc(CN)c2)c(=O)n1CC(=O)Nc1cccc(CN)c1.O=C(O)C(F)(F)F. The Morgan fingerprint density at radius 2 is 1.61 bits per heavy atom. The van der Waals surface area contributed by atoms with Crippen LogP contribution in [-0.2, 0) is 35.8 Å². The topological polar surface area (TPSA) is 165 Å². The Morgan fingerprint density at radius 3 is 2.18 bits per heavy atom. The maximum atomic E-state index is 12.9. The number of hydrogen-bond acceptors (Lipinski definition) is 7. The highest BCUT2D eigenvalue weighted by Gasteiger charge is 2.38. The van der Waals surface area contributed by atoms with Gasteiger partial charge in [0.1, 0.15) is 6.54 Å². The van der Waals surface area contributed by atoms with Gasteiger partial charge in [-0.2, -0.15) is 13.2 Å². The number of aliphatic carboxylic acids is 1. The van der Waals surface area contributed by atoms with Crippen LogP contribution in [-0.4, -0.2) is 32.7 Å². The van der Waals surface area contributed by atoms with Gasteiger partial charge in [0.2, 0.25) is 5.91 Å². The quantitative estimate of drug-likeness (QED) is 0.283. The van der Waals surface area contributed by atoms with E-state index in [-0.39, 0.29) is 23.4 Å². The number of carboxylic acid groups (broad SMARTS) is 1. The summed E-state index contributed by atoms with van der Waals surface area (Å²) in [5, 5.41) is 13.1. The maximum Gasteiger partial charge on any atom is 0.490 e. The molecule has 7 N–H and O–H groups in total. The number of carbonyl (C=O) groups excluding carboxylic acids is 1. The van der Waals surface area contributed by atoms with Gasteiger partial charge in [-0.1, -0.05) is 48.0 Å². The fraction of sp³-hybridized carbons (Fsp3) is 0.250. The van der Waals surface area contributed by atoms with Gasteiger partial charge in [-0.25, -0.2) is 9.78 Å². The third kappa shape index (κ3) is 8.87. The fourth-order valence-electron chi connectivity index (χ4n) is 3.10. The average molecular weight is 555 g/mol. The molecule has 10 nitrogen and oxygen atoms in total. The second-order valence-corrected chi connectivity index (χ2v) is 8.22. The standard InChI is InChI=1S/C22H25ClN6O2.C2HF3O2/c1-14-20(23)28-21(26-12-17-6-2-4-15(8-17)10-24)22(31)29(14)13-19(30)27-18-7-3-5-16(9-18)11-25;3-2(4,5)1(6)7/h2-9H,10-13,24-25H2,1H3,(H,26,28)(H,27,30);(H,6,7). The predicted octanol–water partition coefficient (Wildman–Crippen LogP) is 3.01. The van der Waals surface area contributed by atoms with Crippen LogP contribution in [0.3, 0.4) is 0 Å². The zero-order valence-corrected chi connectivity index (χ0v) is 20.9. The van der Waals surface area contributed by atoms with Crippen molar-refractivity contribution in [2.45, 2.75) is 39.3 Å². The molecule has 1 amide bonds. The molecule has 0 fully saturated rings. The molecule has 0 radical (unpaired) electrons. The number of anilines is 2. The first-order chi connectivity index (χ1) is 17.8. The Bertz CT molecular complexity index is 1350. The number of nitrogens with one attached hydrogen (secondary N) is 2. The Morgan fingerprint density at radius 1 is 1.05 bits per heavy atom. The van der Waals surface area contributed by atoms with Crippen molar-refractivity contribution < 1.29 is 27.9 Å². The number of nitrogens with zero attached hydrogens (tertiary/aromatic N) is 2. The predicted molar refractivity (Wildman–Crippen MR) is 137 cm³/mol. The van der Waals surface area contributed by atoms with E-state index in [0.717, 1.165) is 16.7 Å². The van der Waals surface area contributed by atoms with E-state index in [9.17, 15) is 22.8 Å². The average Bonchev–Trinajstić information content (AvgIpc) is 2.88. The van der Waals surface area contributed by atoms with Crippen LogP contribution in [0.5, 0.6) is 0 Å². The van der Waals surface area contributed by atoms with Gasteiger partial charge < -0.3 is 27.2 Å². The largest absolute Gasteiger partial charge is 0.490 e. The van der Waals surface area contributed by atoms with Crippen LogP contribution in [0.15, 0.2) is 53.3 Å². The van der Waals surface area contributed by atoms with Crippen LogP contribution in [0.4, 0.5) is 24.7 Å². The normalized spacial score (nSPS) is 10.8. The molecular weight excluding hydrogens is 529 g/mol. The van der Waals surface area contributed by atoms with E-state index in [4.69, 9.17) is 33.0 Å². The van der Waals surface area contributed by atoms with E-state index in [0.29, 0.717) is 31.0 Å². The summed E-state index contributed by atoms with van der Waals surface area (Å²) >= 11 is 6.23. The molecule has 0 bridgehead atoms. The number of alkyl halides is 3. The molecule has 1 aromatic heterocycles. The van der Waals surface area contributed by atoms with E-state index >= 15 is 0 Å². The number of rotatable bonds is 8. The number of halogens is 4. The summed E-state index contributed by atoms with van der Waals surface area (Å²) in [7, 11) is 0. The first kappa shape index (κ1) is 30.3. The minimum Gasteiger partial charge on any atom is -0.475 e. The minimum atomic E-state index is -5.08. The summed E-state index contributed by atoms with van der Waals surface area (Å²) in [5.74, 6) is -3.04. The molecule has 3 aromatic rings. The number of carboxylic acids is 1. The minimum absolute atomic E-state index is 0.0756. The Kier molecular flexibility index (Phi) is 10.8. The second-order valence-electron chi connectivity index (χ2n) is 7.86. The van der Waals surface area contributed by atoms with Crippen LogP contribution in [0.2, 0.25) is 5.15 Å². The molecule has 2 aromatic carbocycles. The van der Waals surface area contributed by atoms with Crippen LogP contribution >= 0.6 is 11.6 Å². The number of nitrogens with two attached hydrogens (primary N) is 2. The summed E-state index contributed by atoms with van der Waals surface area (Å²) in [4.78, 5) is 38.5. The van der Waals surface area contributed by atoms with Crippen molar-refractivity contribution in [2.75, 3.05) is 10.6 Å². The zero-order valence-electron chi connectivity index (χ0n) is 20.2. The molecule has 3 rings (SSSR count). The first-order valence-electron chi connectivity index (χ1n) is 11.0. The molecule has 0 unspecified atom stereocenters. The molecule has 0 spiro atoms. The molecule has 0 saturated heterocycles. The van der Waals surface area contributed by atoms with E-state index in [2.05, 4.69) is 15.6 Å². The lowest BCUT2D eigenvalue weighted by atomic mass is 10.1. The van der Waals surface area contributed by atoms with Crippen LogP contribution < -0.4 is 27.7 Å². The van der Waals surface area contributed by atoms with Crippen molar-refractivity contribution in [3.05, 3.63) is 86.4 Å². The fourth-order valence-corrected chi connectivity index (χ4v) is 3.28. The van der Waals surface area contributed by atoms with Gasteiger partial charge in [0.05, 0.1) is 5.69 Å². The van der Waals surface area contributed by atoms with E-state index in [1.165, 1.54) is 4.57 Å². The highest BCUT2D eigenvalue weighted by atomic mass is 35.5. The number of benzene rings is 2. The van der Waals surface area contributed by atoms with Crippen LogP contribution in [0.25, 0.3) is 0 Å². The van der Waals surface area contributed by atoms with Crippen LogP contribution in [0.1, 0.15) is 22.4 Å². The summed E-state index contributed by atoms with van der Waals surface area (Å²) in [5.41, 5.74) is 14.7. The van der Waals surface area contributed by atoms with E-state index in [1.807, 2.05) is 30.3 Å². The molecule has 204 valence electrons. The Hall–Kier alpha value is -3.94. The third-order valence-corrected chi connectivity index (χ3v) is 5.40. The lowest BCUT2D eigenvalue weighted by Gasteiger charge is -2.14. The van der Waals surface area contributed by atoms with Crippen molar-refractivity contribution in [3.63, 3.8) is 0 Å². The molecule has 0 aliphatic rings. The molecule has 0 aliphatic carbocycles. The first-order valence-corrected chi connectivity index (χ1v) is 11.4. The van der Waals surface area contributed by atoms with Crippen molar-refractivity contribution in [1.29, 1.82) is 0 Å². The summed E-state index contributed by atoms with van der Waals surface area (Å²) < 4.78 is 33.0. The van der Waals surface area contributed by atoms with Gasteiger partial charge >= 0.3 is 12.1 Å². The molecule has 0 atom stereocenters. The zero-order chi connectivity index (χ0) is 28.5. The molecule has 14 heteroatoms. The van der Waals surface area contributed by atoms with Crippen LogP contribution in [0, 0.1) is 6.92 Å². The molecule has 0 saturated carbocycles. The number of carbonyl (C=O) groups is 2. The maximum absolute atomic E-state index is 12.9. The highest BCUT2D eigenvalue weighted by Crippen LogP contribution is 2.15.